The number of rotatable bonds is 7. The Bertz CT molecular complexity index is 1230. The Morgan fingerprint density at radius 3 is 2.58 bits per heavy atom. The van der Waals surface area contributed by atoms with Crippen LogP contribution in [0.4, 0.5) is 5.69 Å². The molecule has 0 saturated heterocycles. The molecule has 2 aromatic heterocycles. The Morgan fingerprint density at radius 2 is 1.90 bits per heavy atom. The molecule has 0 aliphatic carbocycles. The smallest absolute Gasteiger partial charge is 0.256 e. The molecule has 0 fully saturated rings. The number of carbonyl (C=O) groups excluding carboxylic acids is 2. The van der Waals surface area contributed by atoms with Crippen molar-refractivity contribution in [3.05, 3.63) is 94.0 Å². The first-order valence-electron chi connectivity index (χ1n) is 9.57. The number of ketones is 1. The van der Waals surface area contributed by atoms with Gasteiger partial charge in [0.05, 0.1) is 16.3 Å². The van der Waals surface area contributed by atoms with Gasteiger partial charge in [-0.15, -0.1) is 23.1 Å². The van der Waals surface area contributed by atoms with Crippen LogP contribution < -0.4 is 5.32 Å². The molecule has 0 spiro atoms. The van der Waals surface area contributed by atoms with Gasteiger partial charge in [0.15, 0.2) is 5.82 Å². The third kappa shape index (κ3) is 4.92. The second-order valence-corrected chi connectivity index (χ2v) is 8.94. The SMILES string of the molecule is Cc1nc(CSc2ccccc2C(=O)Nc2ccc(C(=O)c3nccn3C)cc2)cs1. The predicted octanol–water partition coefficient (Wildman–Crippen LogP) is 4.96. The van der Waals surface area contributed by atoms with Crippen LogP contribution in [-0.4, -0.2) is 26.2 Å². The molecule has 0 saturated carbocycles. The lowest BCUT2D eigenvalue weighted by Gasteiger charge is -2.10. The average Bonchev–Trinajstić information content (AvgIpc) is 3.40. The number of thiazole rings is 1. The summed E-state index contributed by atoms with van der Waals surface area (Å²) in [6.07, 6.45) is 3.32. The summed E-state index contributed by atoms with van der Waals surface area (Å²) in [6.45, 7) is 1.98. The van der Waals surface area contributed by atoms with Gasteiger partial charge >= 0.3 is 0 Å². The van der Waals surface area contributed by atoms with Gasteiger partial charge in [0.25, 0.3) is 5.91 Å². The van der Waals surface area contributed by atoms with E-state index in [-0.39, 0.29) is 11.7 Å². The largest absolute Gasteiger partial charge is 0.331 e. The first-order chi connectivity index (χ1) is 15.0. The first kappa shape index (κ1) is 21.0. The van der Waals surface area contributed by atoms with Crippen LogP contribution in [0.3, 0.4) is 0 Å². The zero-order valence-corrected chi connectivity index (χ0v) is 18.7. The van der Waals surface area contributed by atoms with Gasteiger partial charge in [-0.1, -0.05) is 12.1 Å². The number of hydrogen-bond acceptors (Lipinski definition) is 6. The number of aromatic nitrogens is 3. The third-order valence-electron chi connectivity index (χ3n) is 4.60. The summed E-state index contributed by atoms with van der Waals surface area (Å²) in [5.74, 6) is 0.724. The maximum Gasteiger partial charge on any atom is 0.256 e. The Labute approximate surface area is 188 Å². The van der Waals surface area contributed by atoms with Gasteiger partial charge in [0.2, 0.25) is 5.78 Å². The second kappa shape index (κ2) is 9.28. The molecule has 0 atom stereocenters. The standard InChI is InChI=1S/C23H20N4O2S2/c1-15-25-18(13-30-15)14-31-20-6-4-3-5-19(20)23(29)26-17-9-7-16(8-10-17)21(28)22-24-11-12-27(22)2/h3-13H,14H2,1-2H3,(H,26,29). The van der Waals surface area contributed by atoms with Crippen molar-refractivity contribution in [2.24, 2.45) is 7.05 Å². The molecular formula is C23H20N4O2S2. The molecule has 1 N–H and O–H groups in total. The van der Waals surface area contributed by atoms with Crippen LogP contribution in [0.2, 0.25) is 0 Å². The van der Waals surface area contributed by atoms with E-state index in [2.05, 4.69) is 15.3 Å². The summed E-state index contributed by atoms with van der Waals surface area (Å²) in [4.78, 5) is 34.9. The molecule has 8 heteroatoms. The van der Waals surface area contributed by atoms with Crippen LogP contribution in [0, 0.1) is 6.92 Å². The fraction of sp³-hybridized carbons (Fsp3) is 0.130. The average molecular weight is 449 g/mol. The Kier molecular flexibility index (Phi) is 6.29. The van der Waals surface area contributed by atoms with Gasteiger partial charge in [-0.3, -0.25) is 9.59 Å². The number of benzene rings is 2. The minimum Gasteiger partial charge on any atom is -0.331 e. The number of anilines is 1. The fourth-order valence-corrected chi connectivity index (χ4v) is 4.68. The summed E-state index contributed by atoms with van der Waals surface area (Å²) < 4.78 is 1.68. The summed E-state index contributed by atoms with van der Waals surface area (Å²) in [6, 6.07) is 14.3. The molecular weight excluding hydrogens is 428 g/mol. The minimum absolute atomic E-state index is 0.163. The third-order valence-corrected chi connectivity index (χ3v) is 6.53. The highest BCUT2D eigenvalue weighted by atomic mass is 32.2. The molecule has 4 aromatic rings. The van der Waals surface area contributed by atoms with E-state index < -0.39 is 0 Å². The summed E-state index contributed by atoms with van der Waals surface area (Å²) >= 11 is 3.21. The Hall–Kier alpha value is -3.23. The van der Waals surface area contributed by atoms with Gasteiger partial charge in [-0.05, 0) is 43.3 Å². The maximum absolute atomic E-state index is 12.9. The van der Waals surface area contributed by atoms with E-state index in [4.69, 9.17) is 0 Å². The topological polar surface area (TPSA) is 76.9 Å². The minimum atomic E-state index is -0.194. The lowest BCUT2D eigenvalue weighted by molar-refractivity contribution is 0.101. The highest BCUT2D eigenvalue weighted by Crippen LogP contribution is 2.27. The van der Waals surface area contributed by atoms with Crippen molar-refractivity contribution in [1.82, 2.24) is 14.5 Å². The molecule has 6 nitrogen and oxygen atoms in total. The number of nitrogens with zero attached hydrogens (tertiary/aromatic N) is 3. The fourth-order valence-electron chi connectivity index (χ4n) is 3.02. The van der Waals surface area contributed by atoms with E-state index in [0.717, 1.165) is 15.6 Å². The van der Waals surface area contributed by atoms with Crippen LogP contribution in [0.1, 0.15) is 37.2 Å². The van der Waals surface area contributed by atoms with Gasteiger partial charge < -0.3 is 9.88 Å². The Balaban J connectivity index is 1.45. The lowest BCUT2D eigenvalue weighted by atomic mass is 10.1. The van der Waals surface area contributed by atoms with Crippen LogP contribution in [-0.2, 0) is 12.8 Å². The van der Waals surface area contributed by atoms with Crippen LogP contribution in [0.15, 0.2) is 71.2 Å². The predicted molar refractivity (Wildman–Crippen MR) is 124 cm³/mol. The van der Waals surface area contributed by atoms with Crippen molar-refractivity contribution in [2.45, 2.75) is 17.6 Å². The van der Waals surface area contributed by atoms with Gasteiger partial charge in [-0.25, -0.2) is 9.97 Å². The van der Waals surface area contributed by atoms with Crippen molar-refractivity contribution >= 4 is 40.5 Å². The number of thioether (sulfide) groups is 1. The number of hydrogen-bond donors (Lipinski definition) is 1. The van der Waals surface area contributed by atoms with Crippen molar-refractivity contribution < 1.29 is 9.59 Å². The van der Waals surface area contributed by atoms with Crippen molar-refractivity contribution in [1.29, 1.82) is 0 Å². The van der Waals surface area contributed by atoms with Gasteiger partial charge in [0, 0.05) is 46.7 Å². The quantitative estimate of drug-likeness (QED) is 0.319. The number of imidazole rings is 1. The molecule has 0 aliphatic heterocycles. The van der Waals surface area contributed by atoms with Crippen molar-refractivity contribution in [3.8, 4) is 0 Å². The van der Waals surface area contributed by atoms with Gasteiger partial charge in [-0.2, -0.15) is 0 Å². The van der Waals surface area contributed by atoms with E-state index in [1.54, 1.807) is 71.4 Å². The molecule has 31 heavy (non-hydrogen) atoms. The maximum atomic E-state index is 12.9. The van der Waals surface area contributed by atoms with Gasteiger partial charge in [0.1, 0.15) is 0 Å². The van der Waals surface area contributed by atoms with Crippen LogP contribution in [0.25, 0.3) is 0 Å². The lowest BCUT2D eigenvalue weighted by Crippen LogP contribution is -2.13. The second-order valence-electron chi connectivity index (χ2n) is 6.87. The molecule has 2 aromatic carbocycles. The van der Waals surface area contributed by atoms with Crippen LogP contribution in [0.5, 0.6) is 0 Å². The van der Waals surface area contributed by atoms with Crippen molar-refractivity contribution in [2.75, 3.05) is 5.32 Å². The first-order valence-corrected chi connectivity index (χ1v) is 11.4. The summed E-state index contributed by atoms with van der Waals surface area (Å²) in [7, 11) is 1.78. The molecule has 0 bridgehead atoms. The molecule has 156 valence electrons. The number of nitrogens with one attached hydrogen (secondary N) is 1. The molecule has 0 unspecified atom stereocenters. The van der Waals surface area contributed by atoms with E-state index in [9.17, 15) is 9.59 Å². The zero-order valence-electron chi connectivity index (χ0n) is 17.0. The van der Waals surface area contributed by atoms with Crippen LogP contribution >= 0.6 is 23.1 Å². The zero-order chi connectivity index (χ0) is 21.8. The monoisotopic (exact) mass is 448 g/mol. The molecule has 1 amide bonds. The molecule has 2 heterocycles. The highest BCUT2D eigenvalue weighted by molar-refractivity contribution is 7.98. The Morgan fingerprint density at radius 1 is 1.13 bits per heavy atom. The van der Waals surface area contributed by atoms with E-state index >= 15 is 0 Å². The number of amides is 1. The summed E-state index contributed by atoms with van der Waals surface area (Å²) in [5, 5.41) is 5.99. The summed E-state index contributed by atoms with van der Waals surface area (Å²) in [5.41, 5.74) is 2.75. The molecule has 0 radical (unpaired) electrons. The molecule has 4 rings (SSSR count). The number of carbonyl (C=O) groups is 2. The van der Waals surface area contributed by atoms with E-state index in [1.165, 1.54) is 0 Å². The van der Waals surface area contributed by atoms with E-state index in [1.807, 2.05) is 36.6 Å². The van der Waals surface area contributed by atoms with Crippen molar-refractivity contribution in [3.63, 3.8) is 0 Å². The number of aryl methyl sites for hydroxylation is 2. The highest BCUT2D eigenvalue weighted by Gasteiger charge is 2.15. The normalized spacial score (nSPS) is 10.8. The van der Waals surface area contributed by atoms with E-state index in [0.29, 0.717) is 28.4 Å². The molecule has 0 aliphatic rings.